The largest absolute Gasteiger partial charge is 0.364 e. The Bertz CT molecular complexity index is 453. The number of nitrogens with one attached hydrogen (secondary N) is 1. The van der Waals surface area contributed by atoms with Gasteiger partial charge in [-0.25, -0.2) is 0 Å². The summed E-state index contributed by atoms with van der Waals surface area (Å²) in [6.07, 6.45) is 1.01. The number of anilines is 1. The molecule has 0 aromatic heterocycles. The van der Waals surface area contributed by atoms with Crippen LogP contribution in [0, 0.1) is 10.1 Å². The molecule has 0 radical (unpaired) electrons. The van der Waals surface area contributed by atoms with Crippen molar-refractivity contribution < 1.29 is 4.92 Å². The fourth-order valence-electron chi connectivity index (χ4n) is 2.34. The van der Waals surface area contributed by atoms with Crippen LogP contribution in [0.15, 0.2) is 18.2 Å². The van der Waals surface area contributed by atoms with Gasteiger partial charge in [0.05, 0.1) is 4.92 Å². The van der Waals surface area contributed by atoms with E-state index in [1.807, 2.05) is 4.90 Å². The van der Waals surface area contributed by atoms with Gasteiger partial charge in [-0.15, -0.1) is 0 Å². The Morgan fingerprint density at radius 1 is 1.61 bits per heavy atom. The van der Waals surface area contributed by atoms with Crippen LogP contribution in [0.4, 0.5) is 11.4 Å². The fourth-order valence-corrected chi connectivity index (χ4v) is 2.51. The molecule has 1 aromatic carbocycles. The minimum Gasteiger partial charge on any atom is -0.364 e. The normalized spacial score (nSPS) is 19.2. The van der Waals surface area contributed by atoms with Gasteiger partial charge in [0.1, 0.15) is 5.69 Å². The molecule has 1 fully saturated rings. The predicted molar refractivity (Wildman–Crippen MR) is 72.4 cm³/mol. The Kier molecular flexibility index (Phi) is 4.04. The molecule has 6 heteroatoms. The van der Waals surface area contributed by atoms with E-state index >= 15 is 0 Å². The first-order chi connectivity index (χ1) is 8.61. The lowest BCUT2D eigenvalue weighted by Crippen LogP contribution is -2.32. The number of nitrogens with zero attached hydrogens (tertiary/aromatic N) is 2. The van der Waals surface area contributed by atoms with Gasteiger partial charge in [-0.1, -0.05) is 18.5 Å². The van der Waals surface area contributed by atoms with Crippen molar-refractivity contribution in [3.63, 3.8) is 0 Å². The molecule has 5 nitrogen and oxygen atoms in total. The average molecular weight is 270 g/mol. The van der Waals surface area contributed by atoms with Crippen molar-refractivity contribution >= 4 is 23.0 Å². The van der Waals surface area contributed by atoms with E-state index in [2.05, 4.69) is 12.2 Å². The van der Waals surface area contributed by atoms with Crippen molar-refractivity contribution in [1.29, 1.82) is 0 Å². The highest BCUT2D eigenvalue weighted by Gasteiger charge is 2.27. The number of nitro groups is 1. The molecule has 18 heavy (non-hydrogen) atoms. The standard InChI is InChI=1S/C12H16ClN3O2/c1-2-14-10-5-6-15(8-10)11-4-3-9(13)7-12(11)16(17)18/h3-4,7,10,14H,2,5-6,8H2,1H3. The number of hydrogen-bond donors (Lipinski definition) is 1. The molecule has 0 bridgehead atoms. The van der Waals surface area contributed by atoms with Crippen LogP contribution >= 0.6 is 11.6 Å². The lowest BCUT2D eigenvalue weighted by molar-refractivity contribution is -0.384. The Morgan fingerprint density at radius 2 is 2.39 bits per heavy atom. The summed E-state index contributed by atoms with van der Waals surface area (Å²) >= 11 is 5.81. The van der Waals surface area contributed by atoms with E-state index in [9.17, 15) is 10.1 Å². The zero-order chi connectivity index (χ0) is 13.1. The van der Waals surface area contributed by atoms with E-state index in [0.29, 0.717) is 16.8 Å². The van der Waals surface area contributed by atoms with Crippen LogP contribution in [0.1, 0.15) is 13.3 Å². The highest BCUT2D eigenvalue weighted by molar-refractivity contribution is 6.30. The summed E-state index contributed by atoms with van der Waals surface area (Å²) in [6.45, 7) is 4.62. The monoisotopic (exact) mass is 269 g/mol. The molecule has 0 aliphatic carbocycles. The van der Waals surface area contributed by atoms with Crippen molar-refractivity contribution in [3.05, 3.63) is 33.3 Å². The molecular formula is C12H16ClN3O2. The van der Waals surface area contributed by atoms with Crippen LogP contribution in [-0.4, -0.2) is 30.6 Å². The fraction of sp³-hybridized carbons (Fsp3) is 0.500. The van der Waals surface area contributed by atoms with Crippen LogP contribution in [0.5, 0.6) is 0 Å². The zero-order valence-corrected chi connectivity index (χ0v) is 11.0. The van der Waals surface area contributed by atoms with E-state index in [1.54, 1.807) is 12.1 Å². The highest BCUT2D eigenvalue weighted by atomic mass is 35.5. The number of rotatable bonds is 4. The third-order valence-electron chi connectivity index (χ3n) is 3.16. The molecule has 0 spiro atoms. The van der Waals surface area contributed by atoms with Gasteiger partial charge in [-0.2, -0.15) is 0 Å². The van der Waals surface area contributed by atoms with Crippen LogP contribution in [0.25, 0.3) is 0 Å². The SMILES string of the molecule is CCNC1CCN(c2ccc(Cl)cc2[N+](=O)[O-])C1. The smallest absolute Gasteiger partial charge is 0.294 e. The molecule has 1 N–H and O–H groups in total. The van der Waals surface area contributed by atoms with Crippen molar-refractivity contribution in [2.75, 3.05) is 24.5 Å². The number of nitro benzene ring substituents is 1. The summed E-state index contributed by atoms with van der Waals surface area (Å²) in [4.78, 5) is 12.7. The Balaban J connectivity index is 2.21. The lowest BCUT2D eigenvalue weighted by Gasteiger charge is -2.18. The number of halogens is 1. The molecule has 2 rings (SSSR count). The van der Waals surface area contributed by atoms with Gasteiger partial charge in [0.15, 0.2) is 0 Å². The molecule has 0 saturated carbocycles. The molecular weight excluding hydrogens is 254 g/mol. The zero-order valence-electron chi connectivity index (χ0n) is 10.2. The van der Waals surface area contributed by atoms with E-state index in [4.69, 9.17) is 11.6 Å². The molecule has 0 amide bonds. The summed E-state index contributed by atoms with van der Waals surface area (Å²) in [6, 6.07) is 5.25. The third-order valence-corrected chi connectivity index (χ3v) is 3.39. The number of hydrogen-bond acceptors (Lipinski definition) is 4. The second-order valence-electron chi connectivity index (χ2n) is 4.38. The summed E-state index contributed by atoms with van der Waals surface area (Å²) < 4.78 is 0. The minimum absolute atomic E-state index is 0.0830. The summed E-state index contributed by atoms with van der Waals surface area (Å²) in [5, 5.41) is 14.8. The van der Waals surface area contributed by atoms with E-state index in [-0.39, 0.29) is 10.6 Å². The maximum Gasteiger partial charge on any atom is 0.294 e. The van der Waals surface area contributed by atoms with Gasteiger partial charge in [0, 0.05) is 30.2 Å². The van der Waals surface area contributed by atoms with E-state index < -0.39 is 0 Å². The quantitative estimate of drug-likeness (QED) is 0.674. The van der Waals surface area contributed by atoms with Crippen molar-refractivity contribution in [1.82, 2.24) is 5.32 Å². The molecule has 1 aromatic rings. The van der Waals surface area contributed by atoms with Crippen molar-refractivity contribution in [2.45, 2.75) is 19.4 Å². The van der Waals surface area contributed by atoms with Gasteiger partial charge in [0.25, 0.3) is 5.69 Å². The van der Waals surface area contributed by atoms with E-state index in [0.717, 1.165) is 26.1 Å². The maximum atomic E-state index is 11.0. The molecule has 1 unspecified atom stereocenters. The minimum atomic E-state index is -0.373. The highest BCUT2D eigenvalue weighted by Crippen LogP contribution is 2.32. The summed E-state index contributed by atoms with van der Waals surface area (Å²) in [5.41, 5.74) is 0.740. The van der Waals surface area contributed by atoms with Crippen molar-refractivity contribution in [3.8, 4) is 0 Å². The van der Waals surface area contributed by atoms with Gasteiger partial charge < -0.3 is 10.2 Å². The molecule has 1 saturated heterocycles. The molecule has 1 heterocycles. The Labute approximate surface area is 111 Å². The Morgan fingerprint density at radius 3 is 3.06 bits per heavy atom. The maximum absolute atomic E-state index is 11.0. The number of benzene rings is 1. The predicted octanol–water partition coefficient (Wildman–Crippen LogP) is 2.44. The first-order valence-corrected chi connectivity index (χ1v) is 6.42. The summed E-state index contributed by atoms with van der Waals surface area (Å²) in [7, 11) is 0. The molecule has 98 valence electrons. The topological polar surface area (TPSA) is 58.4 Å². The van der Waals surface area contributed by atoms with Crippen molar-refractivity contribution in [2.24, 2.45) is 0 Å². The second-order valence-corrected chi connectivity index (χ2v) is 4.82. The average Bonchev–Trinajstić information content (AvgIpc) is 2.78. The molecule has 1 aliphatic rings. The van der Waals surface area contributed by atoms with Crippen LogP contribution < -0.4 is 10.2 Å². The lowest BCUT2D eigenvalue weighted by atomic mass is 10.2. The molecule has 1 atom stereocenters. The number of likely N-dealkylation sites (N-methyl/N-ethyl adjacent to an activating group) is 1. The van der Waals surface area contributed by atoms with E-state index in [1.165, 1.54) is 6.07 Å². The second kappa shape index (κ2) is 5.54. The van der Waals surface area contributed by atoms with Gasteiger partial charge in [-0.05, 0) is 25.1 Å². The first kappa shape index (κ1) is 13.1. The van der Waals surface area contributed by atoms with Gasteiger partial charge >= 0.3 is 0 Å². The van der Waals surface area contributed by atoms with Crippen LogP contribution in [0.3, 0.4) is 0 Å². The van der Waals surface area contributed by atoms with Gasteiger partial charge in [0.2, 0.25) is 0 Å². The first-order valence-electron chi connectivity index (χ1n) is 6.04. The molecule has 1 aliphatic heterocycles. The van der Waals surface area contributed by atoms with Crippen LogP contribution in [-0.2, 0) is 0 Å². The Hall–Kier alpha value is -1.33. The van der Waals surface area contributed by atoms with Gasteiger partial charge in [-0.3, -0.25) is 10.1 Å². The third kappa shape index (κ3) is 2.73. The summed E-state index contributed by atoms with van der Waals surface area (Å²) in [5.74, 6) is 0. The van der Waals surface area contributed by atoms with Crippen LogP contribution in [0.2, 0.25) is 5.02 Å².